The number of carbonyl (C=O) groups is 1. The fraction of sp³-hybridized carbons (Fsp3) is 0.0625. The highest BCUT2D eigenvalue weighted by atomic mass is 16.1. The Balaban J connectivity index is 1.48. The molecule has 0 bridgehead atoms. The monoisotopic (exact) mass is 347 g/mol. The van der Waals surface area contributed by atoms with E-state index in [-0.39, 0.29) is 12.5 Å². The molecule has 10 nitrogen and oxygen atoms in total. The zero-order valence-electron chi connectivity index (χ0n) is 13.4. The lowest BCUT2D eigenvalue weighted by Gasteiger charge is -2.09. The van der Waals surface area contributed by atoms with Crippen LogP contribution in [-0.2, 0) is 6.54 Å². The molecule has 4 rings (SSSR count). The molecule has 3 aromatic heterocycles. The highest BCUT2D eigenvalue weighted by molar-refractivity contribution is 5.97. The van der Waals surface area contributed by atoms with E-state index >= 15 is 0 Å². The standard InChI is InChI=1S/C16H13N9O/c26-16(11-3-1-2-4-13(11)25-9-20-21-10-25)19-8-14-22-15(24-23-14)12-7-17-5-6-18-12/h1-7,9-10H,8H2,(H,19,26)(H,22,23,24). The van der Waals surface area contributed by atoms with Crippen LogP contribution in [-0.4, -0.2) is 45.8 Å². The van der Waals surface area contributed by atoms with E-state index in [4.69, 9.17) is 0 Å². The van der Waals surface area contributed by atoms with E-state index in [1.165, 1.54) is 12.7 Å². The van der Waals surface area contributed by atoms with Crippen LogP contribution < -0.4 is 5.32 Å². The Kier molecular flexibility index (Phi) is 4.13. The lowest BCUT2D eigenvalue weighted by Crippen LogP contribution is -2.24. The molecule has 26 heavy (non-hydrogen) atoms. The van der Waals surface area contributed by atoms with Crippen LogP contribution >= 0.6 is 0 Å². The van der Waals surface area contributed by atoms with Gasteiger partial charge in [-0.05, 0) is 12.1 Å². The van der Waals surface area contributed by atoms with Crippen LogP contribution in [0.25, 0.3) is 17.2 Å². The second kappa shape index (κ2) is 6.89. The summed E-state index contributed by atoms with van der Waals surface area (Å²) in [5, 5.41) is 17.2. The van der Waals surface area contributed by atoms with E-state index in [1.807, 2.05) is 12.1 Å². The number of aromatic nitrogens is 8. The molecule has 0 saturated carbocycles. The largest absolute Gasteiger partial charge is 0.345 e. The van der Waals surface area contributed by atoms with Crippen molar-refractivity contribution < 1.29 is 4.79 Å². The number of nitrogens with zero attached hydrogens (tertiary/aromatic N) is 7. The first-order valence-electron chi connectivity index (χ1n) is 7.71. The summed E-state index contributed by atoms with van der Waals surface area (Å²) in [6, 6.07) is 7.19. The van der Waals surface area contributed by atoms with Crippen LogP contribution in [0.15, 0.2) is 55.5 Å². The third-order valence-electron chi connectivity index (χ3n) is 3.59. The zero-order chi connectivity index (χ0) is 17.8. The summed E-state index contributed by atoms with van der Waals surface area (Å²) in [6.45, 7) is 0.197. The second-order valence-corrected chi connectivity index (χ2v) is 5.27. The van der Waals surface area contributed by atoms with Crippen molar-refractivity contribution in [3.8, 4) is 17.2 Å². The summed E-state index contributed by atoms with van der Waals surface area (Å²) in [5.41, 5.74) is 1.74. The van der Waals surface area contributed by atoms with Gasteiger partial charge in [0.25, 0.3) is 5.91 Å². The number of aromatic amines is 1. The highest BCUT2D eigenvalue weighted by Crippen LogP contribution is 2.14. The minimum Gasteiger partial charge on any atom is -0.345 e. The van der Waals surface area contributed by atoms with Gasteiger partial charge in [-0.25, -0.2) is 9.97 Å². The Morgan fingerprint density at radius 2 is 2.00 bits per heavy atom. The summed E-state index contributed by atoms with van der Waals surface area (Å²) >= 11 is 0. The van der Waals surface area contributed by atoms with Gasteiger partial charge in [-0.3, -0.25) is 19.4 Å². The van der Waals surface area contributed by atoms with Crippen LogP contribution in [0, 0.1) is 0 Å². The summed E-state index contributed by atoms with van der Waals surface area (Å²) in [7, 11) is 0. The Labute approximate surface area is 147 Å². The van der Waals surface area contributed by atoms with Crippen LogP contribution in [0.3, 0.4) is 0 Å². The minimum absolute atomic E-state index is 0.197. The molecule has 0 aliphatic rings. The highest BCUT2D eigenvalue weighted by Gasteiger charge is 2.13. The number of hydrogen-bond acceptors (Lipinski definition) is 7. The van der Waals surface area contributed by atoms with E-state index in [2.05, 4.69) is 40.7 Å². The van der Waals surface area contributed by atoms with Gasteiger partial charge in [0.05, 0.1) is 24.0 Å². The van der Waals surface area contributed by atoms with Crippen molar-refractivity contribution in [2.45, 2.75) is 6.54 Å². The lowest BCUT2D eigenvalue weighted by atomic mass is 10.1. The molecule has 0 fully saturated rings. The molecule has 0 spiro atoms. The van der Waals surface area contributed by atoms with Crippen molar-refractivity contribution >= 4 is 5.91 Å². The van der Waals surface area contributed by atoms with Crippen molar-refractivity contribution in [1.82, 2.24) is 45.2 Å². The summed E-state index contributed by atoms with van der Waals surface area (Å²) in [5.74, 6) is 0.694. The van der Waals surface area contributed by atoms with Gasteiger partial charge in [-0.15, -0.1) is 10.2 Å². The van der Waals surface area contributed by atoms with Crippen molar-refractivity contribution in [3.05, 3.63) is 66.9 Å². The summed E-state index contributed by atoms with van der Waals surface area (Å²) < 4.78 is 1.68. The third kappa shape index (κ3) is 3.15. The van der Waals surface area contributed by atoms with Gasteiger partial charge in [0, 0.05) is 12.4 Å². The lowest BCUT2D eigenvalue weighted by molar-refractivity contribution is 0.0950. The van der Waals surface area contributed by atoms with Crippen LogP contribution in [0.2, 0.25) is 0 Å². The molecule has 0 radical (unpaired) electrons. The van der Waals surface area contributed by atoms with Crippen molar-refractivity contribution in [2.24, 2.45) is 0 Å². The predicted molar refractivity (Wildman–Crippen MR) is 89.9 cm³/mol. The van der Waals surface area contributed by atoms with Gasteiger partial charge in [0.15, 0.2) is 0 Å². The average molecular weight is 347 g/mol. The molecule has 3 heterocycles. The van der Waals surface area contributed by atoms with Crippen molar-refractivity contribution in [2.75, 3.05) is 0 Å². The number of H-pyrrole nitrogens is 1. The molecule has 128 valence electrons. The summed E-state index contributed by atoms with van der Waals surface area (Å²) in [4.78, 5) is 25.0. The van der Waals surface area contributed by atoms with E-state index < -0.39 is 0 Å². The number of carbonyl (C=O) groups excluding carboxylic acids is 1. The maximum atomic E-state index is 12.6. The molecule has 0 aliphatic carbocycles. The molecular formula is C16H13N9O. The van der Waals surface area contributed by atoms with Crippen LogP contribution in [0.5, 0.6) is 0 Å². The maximum absolute atomic E-state index is 12.6. The predicted octanol–water partition coefficient (Wildman–Crippen LogP) is 0.772. The Hall–Kier alpha value is -3.95. The molecule has 0 unspecified atom stereocenters. The van der Waals surface area contributed by atoms with Crippen LogP contribution in [0.4, 0.5) is 0 Å². The maximum Gasteiger partial charge on any atom is 0.253 e. The number of rotatable bonds is 5. The fourth-order valence-electron chi connectivity index (χ4n) is 2.38. The number of hydrogen-bond donors (Lipinski definition) is 2. The van der Waals surface area contributed by atoms with E-state index in [1.54, 1.807) is 35.3 Å². The number of benzene rings is 1. The van der Waals surface area contributed by atoms with Gasteiger partial charge in [-0.2, -0.15) is 5.10 Å². The number of nitrogens with one attached hydrogen (secondary N) is 2. The van der Waals surface area contributed by atoms with Gasteiger partial charge in [0.2, 0.25) is 5.82 Å². The Morgan fingerprint density at radius 1 is 1.15 bits per heavy atom. The molecule has 1 aromatic carbocycles. The molecule has 4 aromatic rings. The first-order chi connectivity index (χ1) is 12.8. The Bertz CT molecular complexity index is 1010. The number of para-hydroxylation sites is 1. The SMILES string of the molecule is O=C(NCc1nc(-c2cnccn2)n[nH]1)c1ccccc1-n1cnnc1. The van der Waals surface area contributed by atoms with Gasteiger partial charge in [-0.1, -0.05) is 12.1 Å². The van der Waals surface area contributed by atoms with Crippen LogP contribution in [0.1, 0.15) is 16.2 Å². The molecular weight excluding hydrogens is 334 g/mol. The van der Waals surface area contributed by atoms with E-state index in [0.717, 1.165) is 0 Å². The molecule has 2 N–H and O–H groups in total. The molecule has 0 atom stereocenters. The molecule has 0 saturated heterocycles. The van der Waals surface area contributed by atoms with Crippen molar-refractivity contribution in [3.63, 3.8) is 0 Å². The first kappa shape index (κ1) is 15.6. The van der Waals surface area contributed by atoms with Gasteiger partial charge >= 0.3 is 0 Å². The minimum atomic E-state index is -0.244. The third-order valence-corrected chi connectivity index (χ3v) is 3.59. The topological polar surface area (TPSA) is 127 Å². The van der Waals surface area contributed by atoms with E-state index in [0.29, 0.717) is 28.6 Å². The van der Waals surface area contributed by atoms with Crippen molar-refractivity contribution in [1.29, 1.82) is 0 Å². The molecule has 0 aliphatic heterocycles. The smallest absolute Gasteiger partial charge is 0.253 e. The molecule has 10 heteroatoms. The van der Waals surface area contributed by atoms with Gasteiger partial charge in [0.1, 0.15) is 24.2 Å². The first-order valence-corrected chi connectivity index (χ1v) is 7.71. The average Bonchev–Trinajstić information content (AvgIpc) is 3.39. The number of amides is 1. The fourth-order valence-corrected chi connectivity index (χ4v) is 2.38. The molecule has 1 amide bonds. The summed E-state index contributed by atoms with van der Waals surface area (Å²) in [6.07, 6.45) is 7.78. The second-order valence-electron chi connectivity index (χ2n) is 5.27. The van der Waals surface area contributed by atoms with Gasteiger partial charge < -0.3 is 5.32 Å². The normalized spacial score (nSPS) is 10.6. The van der Waals surface area contributed by atoms with E-state index in [9.17, 15) is 4.79 Å². The zero-order valence-corrected chi connectivity index (χ0v) is 13.4. The quantitative estimate of drug-likeness (QED) is 0.546. The Morgan fingerprint density at radius 3 is 2.81 bits per heavy atom.